The number of nitrogens with zero attached hydrogens (tertiary/aromatic N) is 1. The Balaban J connectivity index is 1.28. The van der Waals surface area contributed by atoms with Crippen LogP contribution in [0.3, 0.4) is 0 Å². The van der Waals surface area contributed by atoms with Crippen molar-refractivity contribution < 1.29 is 14.7 Å². The van der Waals surface area contributed by atoms with Crippen molar-refractivity contribution in [1.82, 2.24) is 15.5 Å². The summed E-state index contributed by atoms with van der Waals surface area (Å²) >= 11 is 0. The van der Waals surface area contributed by atoms with Crippen molar-refractivity contribution >= 4 is 12.0 Å². The highest BCUT2D eigenvalue weighted by Crippen LogP contribution is 2.77. The number of urea groups is 1. The minimum atomic E-state index is -0.853. The standard InChI is InChI=1S/C41H63N3O3/c1-26(2)29-16-21-41(43-36(47)42-24-25-44(8)9)23-22-39(6)31(34(29)41)14-15-33-38(5)19-17-30(27-10-12-28(13-11-27)35(45)46)37(3,4)32(38)18-20-40(33,39)7/h10-13,29-34H,1,14-25H2,2-9H3,(H,45,46)(H2,42,43,47)/t29-,30-,31+,32-,33+,34+,38-,39+,40+,41-/m0/s1. The number of hydrogen-bond acceptors (Lipinski definition) is 3. The molecule has 6 rings (SSSR count). The molecule has 0 radical (unpaired) electrons. The second-order valence-electron chi connectivity index (χ2n) is 18.4. The van der Waals surface area contributed by atoms with E-state index in [9.17, 15) is 14.7 Å². The van der Waals surface area contributed by atoms with Crippen molar-refractivity contribution in [2.45, 2.75) is 117 Å². The van der Waals surface area contributed by atoms with Crippen LogP contribution in [0.2, 0.25) is 0 Å². The molecular weight excluding hydrogens is 582 g/mol. The lowest BCUT2D eigenvalue weighted by Crippen LogP contribution is -2.69. The van der Waals surface area contributed by atoms with Gasteiger partial charge in [-0.15, -0.1) is 0 Å². The summed E-state index contributed by atoms with van der Waals surface area (Å²) in [5, 5.41) is 16.3. The van der Waals surface area contributed by atoms with Gasteiger partial charge in [0.1, 0.15) is 0 Å². The van der Waals surface area contributed by atoms with Gasteiger partial charge in [0, 0.05) is 18.6 Å². The molecule has 10 atom stereocenters. The third-order valence-electron chi connectivity index (χ3n) is 15.9. The van der Waals surface area contributed by atoms with Gasteiger partial charge in [0.2, 0.25) is 0 Å². The summed E-state index contributed by atoms with van der Waals surface area (Å²) in [7, 11) is 4.09. The number of hydrogen-bond donors (Lipinski definition) is 3. The minimum absolute atomic E-state index is 0.00678. The van der Waals surface area contributed by atoms with Crippen molar-refractivity contribution in [3.8, 4) is 0 Å². The topological polar surface area (TPSA) is 81.7 Å². The Kier molecular flexibility index (Phi) is 8.75. The second-order valence-corrected chi connectivity index (χ2v) is 18.4. The summed E-state index contributed by atoms with van der Waals surface area (Å²) in [6.07, 6.45) is 11.9. The molecule has 2 amide bonds. The van der Waals surface area contributed by atoms with Crippen molar-refractivity contribution in [2.24, 2.45) is 51.2 Å². The van der Waals surface area contributed by atoms with Crippen LogP contribution < -0.4 is 10.6 Å². The van der Waals surface area contributed by atoms with Crippen LogP contribution in [0.1, 0.15) is 128 Å². The Morgan fingerprint density at radius 2 is 1.57 bits per heavy atom. The summed E-state index contributed by atoms with van der Waals surface area (Å²) in [5.41, 5.74) is 3.75. The highest BCUT2D eigenvalue weighted by Gasteiger charge is 2.71. The van der Waals surface area contributed by atoms with Gasteiger partial charge >= 0.3 is 12.0 Å². The summed E-state index contributed by atoms with van der Waals surface area (Å²) in [5.74, 6) is 2.41. The van der Waals surface area contributed by atoms with E-state index in [2.05, 4.69) is 75.8 Å². The molecule has 5 aliphatic rings. The Hall–Kier alpha value is -2.34. The zero-order valence-electron chi connectivity index (χ0n) is 30.7. The Morgan fingerprint density at radius 3 is 2.21 bits per heavy atom. The normalized spacial score (nSPS) is 42.0. The monoisotopic (exact) mass is 645 g/mol. The SMILES string of the molecule is C=C(C)[C@@H]1CC[C@]2(NC(=O)NCCN(C)C)CC[C@]3(C)[C@H](CC[C@@H]4[C@@]5(C)CC[C@@H](c6ccc(C(=O)O)cc6)C(C)(C)[C@@H]5CC[C@]43C)[C@@H]12. The molecule has 0 spiro atoms. The predicted octanol–water partition coefficient (Wildman–Crippen LogP) is 8.74. The molecule has 1 aromatic rings. The molecule has 3 N–H and O–H groups in total. The molecule has 0 aromatic heterocycles. The van der Waals surface area contributed by atoms with E-state index in [1.165, 1.54) is 49.7 Å². The zero-order valence-corrected chi connectivity index (χ0v) is 30.7. The van der Waals surface area contributed by atoms with Crippen LogP contribution in [0, 0.1) is 51.2 Å². The van der Waals surface area contributed by atoms with Crippen LogP contribution in [0.5, 0.6) is 0 Å². The van der Waals surface area contributed by atoms with E-state index < -0.39 is 5.97 Å². The van der Waals surface area contributed by atoms with E-state index in [0.29, 0.717) is 47.6 Å². The predicted molar refractivity (Wildman–Crippen MR) is 190 cm³/mol. The van der Waals surface area contributed by atoms with Crippen molar-refractivity contribution in [3.05, 3.63) is 47.5 Å². The van der Waals surface area contributed by atoms with Gasteiger partial charge in [0.05, 0.1) is 5.56 Å². The lowest BCUT2D eigenvalue weighted by molar-refractivity contribution is -0.233. The molecule has 0 bridgehead atoms. The fourth-order valence-electron chi connectivity index (χ4n) is 13.5. The Bertz CT molecular complexity index is 1390. The highest BCUT2D eigenvalue weighted by molar-refractivity contribution is 5.87. The third-order valence-corrected chi connectivity index (χ3v) is 15.9. The minimum Gasteiger partial charge on any atom is -0.478 e. The quantitative estimate of drug-likeness (QED) is 0.259. The van der Waals surface area contributed by atoms with E-state index in [4.69, 9.17) is 0 Å². The molecule has 0 saturated heterocycles. The van der Waals surface area contributed by atoms with E-state index in [1.54, 1.807) is 12.1 Å². The fourth-order valence-corrected chi connectivity index (χ4v) is 13.5. The molecule has 260 valence electrons. The number of amides is 2. The molecule has 1 aromatic carbocycles. The van der Waals surface area contributed by atoms with Crippen molar-refractivity contribution in [1.29, 1.82) is 0 Å². The highest BCUT2D eigenvalue weighted by atomic mass is 16.4. The molecule has 47 heavy (non-hydrogen) atoms. The molecule has 6 heteroatoms. The first-order chi connectivity index (χ1) is 22.0. The van der Waals surface area contributed by atoms with Crippen LogP contribution in [0.15, 0.2) is 36.4 Å². The largest absolute Gasteiger partial charge is 0.478 e. The van der Waals surface area contributed by atoms with Crippen molar-refractivity contribution in [2.75, 3.05) is 27.2 Å². The molecule has 0 unspecified atom stereocenters. The maximum atomic E-state index is 13.4. The smallest absolute Gasteiger partial charge is 0.335 e. The number of carbonyl (C=O) groups excluding carboxylic acids is 1. The van der Waals surface area contributed by atoms with E-state index >= 15 is 0 Å². The number of aromatic carboxylic acids is 1. The van der Waals surface area contributed by atoms with Crippen LogP contribution in [-0.2, 0) is 0 Å². The van der Waals surface area contributed by atoms with Crippen LogP contribution >= 0.6 is 0 Å². The first kappa shape index (κ1) is 34.5. The molecule has 5 aliphatic carbocycles. The van der Waals surface area contributed by atoms with Gasteiger partial charge in [-0.25, -0.2) is 9.59 Å². The molecule has 5 fully saturated rings. The molecule has 6 nitrogen and oxygen atoms in total. The summed E-state index contributed by atoms with van der Waals surface area (Å²) in [6, 6.07) is 7.78. The number of carboxylic acid groups (broad SMARTS) is 1. The average molecular weight is 646 g/mol. The number of carbonyl (C=O) groups is 2. The molecule has 0 aliphatic heterocycles. The number of likely N-dealkylation sites (N-methyl/N-ethyl adjacent to an activating group) is 1. The Morgan fingerprint density at radius 1 is 0.872 bits per heavy atom. The molecule has 5 saturated carbocycles. The van der Waals surface area contributed by atoms with Gasteiger partial charge < -0.3 is 20.6 Å². The van der Waals surface area contributed by atoms with Crippen molar-refractivity contribution in [3.63, 3.8) is 0 Å². The van der Waals surface area contributed by atoms with Gasteiger partial charge in [-0.1, -0.05) is 58.9 Å². The zero-order chi connectivity index (χ0) is 34.2. The number of benzene rings is 1. The van der Waals surface area contributed by atoms with E-state index in [1.807, 2.05) is 14.1 Å². The Labute approximate surface area is 284 Å². The summed E-state index contributed by atoms with van der Waals surface area (Å²) < 4.78 is 0. The van der Waals surface area contributed by atoms with E-state index in [0.717, 1.165) is 32.2 Å². The fraction of sp³-hybridized carbons (Fsp3) is 0.756. The maximum Gasteiger partial charge on any atom is 0.335 e. The van der Waals surface area contributed by atoms with Gasteiger partial charge in [0.15, 0.2) is 0 Å². The average Bonchev–Trinajstić information content (AvgIpc) is 3.36. The van der Waals surface area contributed by atoms with Gasteiger partial charge in [0.25, 0.3) is 0 Å². The first-order valence-corrected chi connectivity index (χ1v) is 18.7. The van der Waals surface area contributed by atoms with Crippen LogP contribution in [-0.4, -0.2) is 54.7 Å². The summed E-state index contributed by atoms with van der Waals surface area (Å²) in [4.78, 5) is 27.0. The number of nitrogens with one attached hydrogen (secondary N) is 2. The van der Waals surface area contributed by atoms with Crippen LogP contribution in [0.4, 0.5) is 4.79 Å². The van der Waals surface area contributed by atoms with Gasteiger partial charge in [-0.3, -0.25) is 0 Å². The molecule has 0 heterocycles. The number of rotatable bonds is 7. The second kappa shape index (κ2) is 11.9. The number of carboxylic acids is 1. The number of allylic oxidation sites excluding steroid dienone is 1. The van der Waals surface area contributed by atoms with E-state index in [-0.39, 0.29) is 33.2 Å². The third kappa shape index (κ3) is 5.29. The summed E-state index contributed by atoms with van der Waals surface area (Å²) in [6.45, 7) is 21.3. The lowest BCUT2D eigenvalue weighted by atomic mass is 9.32. The maximum absolute atomic E-state index is 13.4. The van der Waals surface area contributed by atoms with Gasteiger partial charge in [-0.05, 0) is 160 Å². The van der Waals surface area contributed by atoms with Gasteiger partial charge in [-0.2, -0.15) is 0 Å². The van der Waals surface area contributed by atoms with Crippen LogP contribution in [0.25, 0.3) is 0 Å². The first-order valence-electron chi connectivity index (χ1n) is 18.7. The lowest BCUT2D eigenvalue weighted by Gasteiger charge is -2.73. The number of fused-ring (bicyclic) bond motifs is 7. The molecular formula is C41H63N3O3.